The van der Waals surface area contributed by atoms with E-state index in [1.165, 1.54) is 12.0 Å². The van der Waals surface area contributed by atoms with Gasteiger partial charge in [-0.3, -0.25) is 28.5 Å². The highest BCUT2D eigenvalue weighted by Crippen LogP contribution is 2.51. The standard InChI is InChI=1S/C35H31N3O5.C30H29N3O5.C26H25N3O5S/c1-42-34(41)27-9-5-8-26(21-27)32(39)38-23-35(29-20-25(22-36)11-14-30(29)38)16-18-37(19-17-35)33(40)31-15-13-28(43-31)12-10-24-6-3-2-4-7-24;1-2-37-29(36)28(35)33-20-30(24-18-22(19-31)9-12-25(24)33)14-16-32(17-15-30)27(34)26-13-11-23(38-26)10-8-21-6-4-3-5-7-21;27-17-20-7-10-23-22(16-20)26(18-29(23)35(31,32)33)12-14-28(15-13-26)25(30)24-11-9-21(34-24)8-6-19-4-2-1-3-5-19/h2-9,11,13-15,20-21H,16-19,22-23,36H2,1H3;3-7,9,11-13,18H,2,14-17,19-20,31H2,1H3;1-5,7,9-11,16H,12-15,17-18,27H2,(H,31,32,33). The zero-order valence-electron chi connectivity index (χ0n) is 64.1. The molecule has 10 aromatic rings. The van der Waals surface area contributed by atoms with E-state index >= 15 is 0 Å². The highest BCUT2D eigenvalue weighted by molar-refractivity contribution is 7.87. The van der Waals surface area contributed by atoms with Crippen molar-refractivity contribution in [3.63, 3.8) is 0 Å². The average molecular weight is 1580 g/mol. The van der Waals surface area contributed by atoms with E-state index in [2.05, 4.69) is 41.6 Å². The normalized spacial score (nSPS) is 15.7. The van der Waals surface area contributed by atoms with Gasteiger partial charge in [0, 0.05) is 128 Å². The number of likely N-dealkylation sites (tertiary alicyclic amines) is 3. The number of benzene rings is 7. The maximum Gasteiger partial charge on any atom is 0.397 e. The molecule has 7 N–H and O–H groups in total. The first-order valence-corrected chi connectivity index (χ1v) is 39.7. The topological polar surface area (TPSA) is 329 Å². The quantitative estimate of drug-likeness (QED) is 0.0428. The molecule has 0 radical (unpaired) electrons. The SMILES string of the molecule is CCOC(=O)C(=O)N1CC2(CCN(C(=O)c3ccc(C#Cc4ccccc4)o3)CC2)c2cc(CN)ccc21.COC(=O)c1cccc(C(=O)N2CC3(CCN(C(=O)c4ccc(C#Cc5ccccc5)o4)CC3)c3cc(CN)ccc32)c1.NCc1ccc2c(c1)C1(CCN(C(=O)c3ccc(C#Cc4ccccc4)o3)CC1)CN2S(=O)(=O)O. The molecule has 0 unspecified atom stereocenters. The molecule has 6 aliphatic heterocycles. The number of amides is 5. The molecule has 25 heteroatoms. The molecule has 3 fully saturated rings. The molecule has 3 aromatic heterocycles. The van der Waals surface area contributed by atoms with Crippen LogP contribution >= 0.6 is 0 Å². The molecule has 0 aliphatic carbocycles. The predicted octanol–water partition coefficient (Wildman–Crippen LogP) is 10.9. The van der Waals surface area contributed by atoms with E-state index in [1.807, 2.05) is 127 Å². The van der Waals surface area contributed by atoms with Crippen LogP contribution in [0.4, 0.5) is 17.1 Å². The number of carbonyl (C=O) groups is 7. The maximum atomic E-state index is 13.8. The second-order valence-electron chi connectivity index (χ2n) is 29.3. The minimum absolute atomic E-state index is 0.131. The number of esters is 2. The molecule has 116 heavy (non-hydrogen) atoms. The van der Waals surface area contributed by atoms with E-state index in [0.717, 1.165) is 60.1 Å². The molecule has 5 amide bonds. The molecule has 7 aromatic carbocycles. The van der Waals surface area contributed by atoms with E-state index < -0.39 is 33.6 Å². The third kappa shape index (κ3) is 16.9. The summed E-state index contributed by atoms with van der Waals surface area (Å²) < 4.78 is 62.0. The molecule has 24 nitrogen and oxygen atoms in total. The molecule has 590 valence electrons. The van der Waals surface area contributed by atoms with Gasteiger partial charge >= 0.3 is 28.1 Å². The summed E-state index contributed by atoms with van der Waals surface area (Å²) in [6.45, 7) is 6.69. The highest BCUT2D eigenvalue weighted by atomic mass is 32.2. The molecule has 9 heterocycles. The van der Waals surface area contributed by atoms with E-state index in [9.17, 15) is 46.5 Å². The van der Waals surface area contributed by atoms with Crippen LogP contribution in [0.5, 0.6) is 0 Å². The van der Waals surface area contributed by atoms with Crippen LogP contribution < -0.4 is 31.3 Å². The van der Waals surface area contributed by atoms with Gasteiger partial charge in [-0.05, 0) is 206 Å². The van der Waals surface area contributed by atoms with Gasteiger partial charge in [-0.25, -0.2) is 13.9 Å². The van der Waals surface area contributed by atoms with Crippen molar-refractivity contribution in [2.75, 3.05) is 86.7 Å². The fourth-order valence-corrected chi connectivity index (χ4v) is 16.9. The first-order chi connectivity index (χ1) is 56.1. The predicted molar refractivity (Wildman–Crippen MR) is 434 cm³/mol. The Morgan fingerprint density at radius 1 is 0.422 bits per heavy atom. The van der Waals surface area contributed by atoms with Crippen LogP contribution in [-0.2, 0) is 65.2 Å². The van der Waals surface area contributed by atoms with Crippen LogP contribution in [0.2, 0.25) is 0 Å². The molecule has 0 bridgehead atoms. The van der Waals surface area contributed by atoms with Crippen LogP contribution in [0, 0.1) is 35.5 Å². The van der Waals surface area contributed by atoms with E-state index in [0.29, 0.717) is 150 Å². The molecule has 3 saturated heterocycles. The van der Waals surface area contributed by atoms with Gasteiger partial charge in [0.05, 0.1) is 25.0 Å². The van der Waals surface area contributed by atoms with Crippen molar-refractivity contribution >= 4 is 68.8 Å². The average Bonchev–Trinajstić information content (AvgIpc) is 1.60. The number of carbonyl (C=O) groups excluding carboxylic acids is 7. The van der Waals surface area contributed by atoms with Gasteiger partial charge in [-0.1, -0.05) is 115 Å². The number of nitrogens with two attached hydrogens (primary N) is 3. The Morgan fingerprint density at radius 3 is 1.16 bits per heavy atom. The van der Waals surface area contributed by atoms with Crippen LogP contribution in [-0.4, -0.2) is 142 Å². The first-order valence-electron chi connectivity index (χ1n) is 38.3. The lowest BCUT2D eigenvalue weighted by atomic mass is 9.74. The minimum atomic E-state index is -4.41. The van der Waals surface area contributed by atoms with Crippen molar-refractivity contribution in [3.05, 3.63) is 302 Å². The van der Waals surface area contributed by atoms with Gasteiger partial charge in [-0.15, -0.1) is 0 Å². The molecular weight excluding hydrogens is 1490 g/mol. The Morgan fingerprint density at radius 2 is 0.784 bits per heavy atom. The summed E-state index contributed by atoms with van der Waals surface area (Å²) in [6.07, 6.45) is 3.71. The summed E-state index contributed by atoms with van der Waals surface area (Å²) in [5, 5.41) is 0. The lowest BCUT2D eigenvalue weighted by Gasteiger charge is -2.39. The maximum absolute atomic E-state index is 13.8. The number of piperidine rings is 3. The Balaban J connectivity index is 0.000000144. The summed E-state index contributed by atoms with van der Waals surface area (Å²) in [6, 6.07) is 62.4. The Bertz CT molecular complexity index is 5720. The van der Waals surface area contributed by atoms with Crippen LogP contribution in [0.25, 0.3) is 0 Å². The molecule has 3 spiro atoms. The van der Waals surface area contributed by atoms with E-state index in [4.69, 9.17) is 39.9 Å². The van der Waals surface area contributed by atoms with Gasteiger partial charge < -0.3 is 64.4 Å². The molecule has 16 rings (SSSR count). The number of nitrogens with zero attached hydrogens (tertiary/aromatic N) is 6. The van der Waals surface area contributed by atoms with E-state index in [-0.39, 0.29) is 64.9 Å². The molecule has 0 atom stereocenters. The Hall–Kier alpha value is -13.1. The third-order valence-corrected chi connectivity index (χ3v) is 23.2. The summed E-state index contributed by atoms with van der Waals surface area (Å²) in [7, 11) is -3.10. The van der Waals surface area contributed by atoms with Crippen LogP contribution in [0.15, 0.2) is 220 Å². The number of rotatable bonds is 10. The summed E-state index contributed by atoms with van der Waals surface area (Å²) in [5.41, 5.74) is 27.5. The van der Waals surface area contributed by atoms with Crippen molar-refractivity contribution in [2.24, 2.45) is 17.2 Å². The van der Waals surface area contributed by atoms with Gasteiger partial charge in [-0.2, -0.15) is 8.42 Å². The zero-order valence-corrected chi connectivity index (χ0v) is 64.9. The van der Waals surface area contributed by atoms with Gasteiger partial charge in [0.2, 0.25) is 0 Å². The number of anilines is 3. The third-order valence-electron chi connectivity index (χ3n) is 22.4. The van der Waals surface area contributed by atoms with E-state index in [1.54, 1.807) is 99.3 Å². The molecule has 6 aliphatic rings. The number of hydrogen-bond donors (Lipinski definition) is 4. The van der Waals surface area contributed by atoms with Crippen LogP contribution in [0.1, 0.15) is 165 Å². The lowest BCUT2D eigenvalue weighted by Crippen LogP contribution is -2.48. The van der Waals surface area contributed by atoms with Crippen LogP contribution in [0.3, 0.4) is 0 Å². The lowest BCUT2D eigenvalue weighted by molar-refractivity contribution is -0.153. The van der Waals surface area contributed by atoms with Crippen molar-refractivity contribution in [1.29, 1.82) is 0 Å². The fraction of sp³-hybridized carbons (Fsp3) is 0.264. The van der Waals surface area contributed by atoms with Crippen molar-refractivity contribution in [3.8, 4) is 35.5 Å². The second-order valence-corrected chi connectivity index (χ2v) is 30.6. The van der Waals surface area contributed by atoms with Crippen molar-refractivity contribution in [2.45, 2.75) is 81.3 Å². The number of ether oxygens (including phenoxy) is 2. The Labute approximate surface area is 672 Å². The largest absolute Gasteiger partial charge is 0.465 e. The smallest absolute Gasteiger partial charge is 0.397 e. The van der Waals surface area contributed by atoms with Crippen molar-refractivity contribution in [1.82, 2.24) is 14.7 Å². The number of furan rings is 3. The molecular formula is C91H85N9O15S. The fourth-order valence-electron chi connectivity index (χ4n) is 16.1. The zero-order chi connectivity index (χ0) is 81.3. The summed E-state index contributed by atoms with van der Waals surface area (Å²) in [5.74, 6) is 17.1. The first kappa shape index (κ1) is 79.6. The summed E-state index contributed by atoms with van der Waals surface area (Å²) >= 11 is 0. The van der Waals surface area contributed by atoms with Gasteiger partial charge in [0.1, 0.15) is 0 Å². The van der Waals surface area contributed by atoms with Gasteiger partial charge in [0.15, 0.2) is 34.6 Å². The molecule has 0 saturated carbocycles. The highest BCUT2D eigenvalue weighted by Gasteiger charge is 2.52. The summed E-state index contributed by atoms with van der Waals surface area (Å²) in [4.78, 5) is 99.3. The minimum Gasteiger partial charge on any atom is -0.465 e. The number of hydrogen-bond acceptors (Lipinski definition) is 17. The number of methoxy groups -OCH3 is 1. The van der Waals surface area contributed by atoms with Gasteiger partial charge in [0.25, 0.3) is 23.6 Å². The Kier molecular flexibility index (Phi) is 23.6. The second kappa shape index (κ2) is 34.3. The monoisotopic (exact) mass is 1580 g/mol. The van der Waals surface area contributed by atoms with Crippen molar-refractivity contribution < 1.29 is 69.3 Å². The number of fused-ring (bicyclic) bond motifs is 6.